The van der Waals surface area contributed by atoms with Crippen molar-refractivity contribution in [3.8, 4) is 23.2 Å². The fourth-order valence-corrected chi connectivity index (χ4v) is 3.60. The van der Waals surface area contributed by atoms with Crippen LogP contribution in [0.2, 0.25) is 0 Å². The van der Waals surface area contributed by atoms with Gasteiger partial charge in [0.15, 0.2) is 11.4 Å². The van der Waals surface area contributed by atoms with Crippen molar-refractivity contribution in [3.63, 3.8) is 0 Å². The summed E-state index contributed by atoms with van der Waals surface area (Å²) in [6, 6.07) is 13.3. The van der Waals surface area contributed by atoms with Crippen LogP contribution in [0, 0.1) is 11.8 Å². The van der Waals surface area contributed by atoms with Gasteiger partial charge in [0, 0.05) is 35.1 Å². The molecule has 1 aromatic carbocycles. The molecule has 0 saturated carbocycles. The average Bonchev–Trinajstić information content (AvgIpc) is 3.10. The molecule has 0 spiro atoms. The van der Waals surface area contributed by atoms with Crippen LogP contribution in [-0.4, -0.2) is 25.0 Å². The highest BCUT2D eigenvalue weighted by atomic mass is 32.1. The molecule has 148 valence electrons. The molecule has 3 aromatic heterocycles. The molecule has 0 bridgehead atoms. The predicted octanol–water partition coefficient (Wildman–Crippen LogP) is 2.97. The van der Waals surface area contributed by atoms with Gasteiger partial charge in [-0.05, 0) is 42.7 Å². The Kier molecular flexibility index (Phi) is 5.12. The van der Waals surface area contributed by atoms with E-state index in [9.17, 15) is 5.11 Å². The monoisotopic (exact) mass is 413 g/mol. The Hall–Kier alpha value is -3.47. The van der Waals surface area contributed by atoms with Crippen molar-refractivity contribution < 1.29 is 5.11 Å². The number of aryl methyl sites for hydroxylation is 1. The number of aliphatic hydroxyl groups is 1. The molecule has 7 heteroatoms. The summed E-state index contributed by atoms with van der Waals surface area (Å²) in [7, 11) is 0. The minimum Gasteiger partial charge on any atom is -0.382 e. The highest BCUT2D eigenvalue weighted by molar-refractivity contribution is 7.59. The van der Waals surface area contributed by atoms with E-state index in [1.165, 1.54) is 0 Å². The van der Waals surface area contributed by atoms with Crippen molar-refractivity contribution in [1.29, 1.82) is 0 Å². The summed E-state index contributed by atoms with van der Waals surface area (Å²) in [4.78, 5) is 17.4. The maximum atomic E-state index is 11.0. The largest absolute Gasteiger partial charge is 0.382 e. The summed E-state index contributed by atoms with van der Waals surface area (Å²) in [5, 5.41) is 11.8. The zero-order valence-electron chi connectivity index (χ0n) is 16.0. The molecule has 30 heavy (non-hydrogen) atoms. The van der Waals surface area contributed by atoms with Gasteiger partial charge in [-0.25, -0.2) is 15.0 Å². The van der Waals surface area contributed by atoms with Crippen LogP contribution < -0.4 is 5.73 Å². The van der Waals surface area contributed by atoms with E-state index >= 15 is 0 Å². The second kappa shape index (κ2) is 7.75. The van der Waals surface area contributed by atoms with Gasteiger partial charge in [-0.3, -0.25) is 4.98 Å². The van der Waals surface area contributed by atoms with Crippen LogP contribution in [0.3, 0.4) is 0 Å². The lowest BCUT2D eigenvalue weighted by Crippen LogP contribution is -2.20. The molecule has 4 aromatic rings. The fourth-order valence-electron chi connectivity index (χ4n) is 3.60. The number of pyridine rings is 2. The lowest BCUT2D eigenvalue weighted by molar-refractivity contribution is 0.0982. The SMILES string of the molecule is Nc1nccc2cnc(-c3cccc(C#C[C@]4(O)CCc5cccnc54)c3)nc12.S. The number of benzene rings is 1. The van der Waals surface area contributed by atoms with Crippen molar-refractivity contribution in [1.82, 2.24) is 19.9 Å². The Labute approximate surface area is 180 Å². The molecule has 0 radical (unpaired) electrons. The number of anilines is 1. The molecule has 5 rings (SSSR count). The van der Waals surface area contributed by atoms with Crippen molar-refractivity contribution >= 4 is 30.2 Å². The number of rotatable bonds is 1. The number of hydrogen-bond donors (Lipinski definition) is 2. The Morgan fingerprint density at radius 2 is 1.93 bits per heavy atom. The van der Waals surface area contributed by atoms with Gasteiger partial charge in [-0.15, -0.1) is 0 Å². The standard InChI is InChI=1S/C23H17N5O.H2S/c24-21-19-18(8-12-26-21)14-27-22(28-19)17-4-1-3-15(13-17)6-9-23(29)10-7-16-5-2-11-25-20(16)23;/h1-5,8,11-14,29H,7,10H2,(H2,24,26);1H2/t23-;/m0./s1. The van der Waals surface area contributed by atoms with Crippen molar-refractivity contribution in [2.45, 2.75) is 18.4 Å². The summed E-state index contributed by atoms with van der Waals surface area (Å²) < 4.78 is 0. The van der Waals surface area contributed by atoms with E-state index in [0.29, 0.717) is 29.3 Å². The topological polar surface area (TPSA) is 97.8 Å². The smallest absolute Gasteiger partial charge is 0.168 e. The molecule has 3 heterocycles. The molecule has 1 atom stereocenters. The highest BCUT2D eigenvalue weighted by Crippen LogP contribution is 2.34. The van der Waals surface area contributed by atoms with E-state index in [1.807, 2.05) is 42.5 Å². The van der Waals surface area contributed by atoms with E-state index in [-0.39, 0.29) is 13.5 Å². The van der Waals surface area contributed by atoms with E-state index < -0.39 is 5.60 Å². The molecule has 0 fully saturated rings. The molecule has 6 nitrogen and oxygen atoms in total. The van der Waals surface area contributed by atoms with Crippen LogP contribution in [0.5, 0.6) is 0 Å². The van der Waals surface area contributed by atoms with Gasteiger partial charge in [0.05, 0.1) is 5.69 Å². The molecule has 3 N–H and O–H groups in total. The van der Waals surface area contributed by atoms with Gasteiger partial charge >= 0.3 is 0 Å². The van der Waals surface area contributed by atoms with Gasteiger partial charge in [0.1, 0.15) is 11.3 Å². The molecule has 0 saturated heterocycles. The number of hydrogen-bond acceptors (Lipinski definition) is 6. The molecule has 1 aliphatic rings. The van der Waals surface area contributed by atoms with Crippen LogP contribution in [-0.2, 0) is 12.0 Å². The maximum Gasteiger partial charge on any atom is 0.168 e. The minimum absolute atomic E-state index is 0. The average molecular weight is 414 g/mol. The van der Waals surface area contributed by atoms with Crippen molar-refractivity contribution in [2.24, 2.45) is 0 Å². The minimum atomic E-state index is -1.22. The van der Waals surface area contributed by atoms with Crippen LogP contribution >= 0.6 is 13.5 Å². The van der Waals surface area contributed by atoms with Crippen molar-refractivity contribution in [2.75, 3.05) is 5.73 Å². The second-order valence-electron chi connectivity index (χ2n) is 7.03. The second-order valence-corrected chi connectivity index (χ2v) is 7.03. The number of nitrogen functional groups attached to an aromatic ring is 1. The first-order valence-electron chi connectivity index (χ1n) is 9.30. The third kappa shape index (κ3) is 3.47. The first kappa shape index (κ1) is 19.8. The zero-order valence-corrected chi connectivity index (χ0v) is 17.0. The summed E-state index contributed by atoms with van der Waals surface area (Å²) >= 11 is 0. The fraction of sp³-hybridized carbons (Fsp3) is 0.130. The highest BCUT2D eigenvalue weighted by Gasteiger charge is 2.36. The van der Waals surface area contributed by atoms with Gasteiger partial charge in [-0.2, -0.15) is 13.5 Å². The molecule has 0 aliphatic heterocycles. The molecule has 0 amide bonds. The van der Waals surface area contributed by atoms with Crippen LogP contribution in [0.1, 0.15) is 23.2 Å². The van der Waals surface area contributed by atoms with Gasteiger partial charge in [0.2, 0.25) is 0 Å². The van der Waals surface area contributed by atoms with Crippen LogP contribution in [0.4, 0.5) is 5.82 Å². The van der Waals surface area contributed by atoms with Crippen LogP contribution in [0.15, 0.2) is 61.1 Å². The number of nitrogens with zero attached hydrogens (tertiary/aromatic N) is 4. The number of aromatic nitrogens is 4. The molecular weight excluding hydrogens is 394 g/mol. The van der Waals surface area contributed by atoms with Crippen molar-refractivity contribution in [3.05, 3.63) is 77.9 Å². The molecule has 1 aliphatic carbocycles. The lowest BCUT2D eigenvalue weighted by Gasteiger charge is -2.15. The molecular formula is C23H19N5OS. The van der Waals surface area contributed by atoms with E-state index in [1.54, 1.807) is 18.6 Å². The first-order valence-corrected chi connectivity index (χ1v) is 9.30. The van der Waals surface area contributed by atoms with Gasteiger partial charge < -0.3 is 10.8 Å². The first-order chi connectivity index (χ1) is 14.1. The third-order valence-corrected chi connectivity index (χ3v) is 5.10. The van der Waals surface area contributed by atoms with Crippen LogP contribution in [0.25, 0.3) is 22.3 Å². The number of fused-ring (bicyclic) bond motifs is 2. The van der Waals surface area contributed by atoms with Gasteiger partial charge in [0.25, 0.3) is 0 Å². The summed E-state index contributed by atoms with van der Waals surface area (Å²) in [5.41, 5.74) is 8.64. The lowest BCUT2D eigenvalue weighted by atomic mass is 10.0. The molecule has 0 unspecified atom stereocenters. The van der Waals surface area contributed by atoms with E-state index in [2.05, 4.69) is 31.8 Å². The number of nitrogens with two attached hydrogens (primary N) is 1. The summed E-state index contributed by atoms with van der Waals surface area (Å²) in [6.45, 7) is 0. The zero-order chi connectivity index (χ0) is 19.8. The Morgan fingerprint density at radius 1 is 1.03 bits per heavy atom. The summed E-state index contributed by atoms with van der Waals surface area (Å²) in [5.74, 6) is 7.03. The van der Waals surface area contributed by atoms with E-state index in [4.69, 9.17) is 5.73 Å². The third-order valence-electron chi connectivity index (χ3n) is 5.10. The Balaban J connectivity index is 0.00000218. The Morgan fingerprint density at radius 3 is 2.83 bits per heavy atom. The van der Waals surface area contributed by atoms with Gasteiger partial charge in [-0.1, -0.05) is 30.0 Å². The maximum absolute atomic E-state index is 11.0. The summed E-state index contributed by atoms with van der Waals surface area (Å²) in [6.07, 6.45) is 6.38. The normalized spacial score (nSPS) is 17.0. The Bertz CT molecular complexity index is 1310. The predicted molar refractivity (Wildman–Crippen MR) is 121 cm³/mol. The quantitative estimate of drug-likeness (QED) is 0.466. The van der Waals surface area contributed by atoms with E-state index in [0.717, 1.165) is 28.5 Å².